The SMILES string of the molecule is Cc1cc(Cl)ccc1OCCCC(=O)Nc1ccc([N+](=O)[O-])cc1. The number of hydrogen-bond donors (Lipinski definition) is 1. The fourth-order valence-corrected chi connectivity index (χ4v) is 2.31. The number of aryl methyl sites for hydroxylation is 1. The van der Waals surface area contributed by atoms with Crippen molar-refractivity contribution in [1.29, 1.82) is 0 Å². The van der Waals surface area contributed by atoms with Gasteiger partial charge in [-0.1, -0.05) is 11.6 Å². The van der Waals surface area contributed by atoms with E-state index in [2.05, 4.69) is 5.32 Å². The molecule has 0 spiro atoms. The van der Waals surface area contributed by atoms with E-state index in [0.717, 1.165) is 11.3 Å². The number of anilines is 1. The number of rotatable bonds is 7. The minimum Gasteiger partial charge on any atom is -0.493 e. The Morgan fingerprint density at radius 1 is 1.25 bits per heavy atom. The minimum absolute atomic E-state index is 0.0141. The maximum atomic E-state index is 11.8. The zero-order chi connectivity index (χ0) is 17.5. The van der Waals surface area contributed by atoms with E-state index in [1.165, 1.54) is 24.3 Å². The van der Waals surface area contributed by atoms with Crippen LogP contribution in [0.4, 0.5) is 11.4 Å². The molecule has 2 aromatic rings. The van der Waals surface area contributed by atoms with E-state index in [-0.39, 0.29) is 11.6 Å². The third-order valence-corrected chi connectivity index (χ3v) is 3.54. The summed E-state index contributed by atoms with van der Waals surface area (Å²) >= 11 is 5.88. The normalized spacial score (nSPS) is 10.2. The molecule has 0 atom stereocenters. The first-order chi connectivity index (χ1) is 11.5. The van der Waals surface area contributed by atoms with E-state index < -0.39 is 4.92 Å². The second-order valence-corrected chi connectivity index (χ2v) is 5.65. The Kier molecular flexibility index (Phi) is 6.14. The van der Waals surface area contributed by atoms with E-state index >= 15 is 0 Å². The van der Waals surface area contributed by atoms with E-state index in [0.29, 0.717) is 30.2 Å². The number of nitro groups is 1. The van der Waals surface area contributed by atoms with Crippen LogP contribution in [-0.2, 0) is 4.79 Å². The van der Waals surface area contributed by atoms with Crippen molar-refractivity contribution >= 4 is 28.9 Å². The van der Waals surface area contributed by atoms with Crippen LogP contribution in [0.25, 0.3) is 0 Å². The summed E-state index contributed by atoms with van der Waals surface area (Å²) in [6.45, 7) is 2.32. The number of nitro benzene ring substituents is 1. The lowest BCUT2D eigenvalue weighted by Crippen LogP contribution is -2.12. The number of non-ortho nitro benzene ring substituents is 1. The van der Waals surface area contributed by atoms with Crippen LogP contribution >= 0.6 is 11.6 Å². The van der Waals surface area contributed by atoms with Crippen LogP contribution in [0.5, 0.6) is 5.75 Å². The van der Waals surface area contributed by atoms with Crippen molar-refractivity contribution < 1.29 is 14.5 Å². The van der Waals surface area contributed by atoms with Crippen molar-refractivity contribution in [2.24, 2.45) is 0 Å². The van der Waals surface area contributed by atoms with Gasteiger partial charge in [0.05, 0.1) is 11.5 Å². The second kappa shape index (κ2) is 8.31. The monoisotopic (exact) mass is 348 g/mol. The fourth-order valence-electron chi connectivity index (χ4n) is 2.08. The quantitative estimate of drug-likeness (QED) is 0.458. The third kappa shape index (κ3) is 5.24. The highest BCUT2D eigenvalue weighted by atomic mass is 35.5. The number of amides is 1. The van der Waals surface area contributed by atoms with Crippen molar-refractivity contribution in [1.82, 2.24) is 0 Å². The standard InChI is InChI=1S/C17H17ClN2O4/c1-12-11-13(18)4-9-16(12)24-10-2-3-17(21)19-14-5-7-15(8-6-14)20(22)23/h4-9,11H,2-3,10H2,1H3,(H,19,21). The summed E-state index contributed by atoms with van der Waals surface area (Å²) in [6, 6.07) is 11.1. The largest absolute Gasteiger partial charge is 0.493 e. The van der Waals surface area contributed by atoms with Gasteiger partial charge in [0.15, 0.2) is 0 Å². The van der Waals surface area contributed by atoms with Crippen LogP contribution in [0.15, 0.2) is 42.5 Å². The van der Waals surface area contributed by atoms with E-state index in [4.69, 9.17) is 16.3 Å². The molecule has 0 aliphatic heterocycles. The van der Waals surface area contributed by atoms with Crippen LogP contribution in [-0.4, -0.2) is 17.4 Å². The van der Waals surface area contributed by atoms with Gasteiger partial charge in [-0.15, -0.1) is 0 Å². The molecule has 0 unspecified atom stereocenters. The first-order valence-corrected chi connectivity index (χ1v) is 7.77. The van der Waals surface area contributed by atoms with Crippen molar-refractivity contribution in [3.8, 4) is 5.75 Å². The molecule has 0 fully saturated rings. The molecule has 2 rings (SSSR count). The molecule has 0 radical (unpaired) electrons. The molecular formula is C17H17ClN2O4. The van der Waals surface area contributed by atoms with Crippen LogP contribution in [0.3, 0.4) is 0 Å². The Bertz CT molecular complexity index is 732. The van der Waals surface area contributed by atoms with Gasteiger partial charge in [0.1, 0.15) is 5.75 Å². The van der Waals surface area contributed by atoms with E-state index in [1.54, 1.807) is 12.1 Å². The number of ether oxygens (including phenoxy) is 1. The summed E-state index contributed by atoms with van der Waals surface area (Å²) in [5.74, 6) is 0.579. The summed E-state index contributed by atoms with van der Waals surface area (Å²) in [4.78, 5) is 21.9. The molecular weight excluding hydrogens is 332 g/mol. The predicted octanol–water partition coefficient (Wildman–Crippen LogP) is 4.35. The van der Waals surface area contributed by atoms with E-state index in [1.807, 2.05) is 13.0 Å². The van der Waals surface area contributed by atoms with Gasteiger partial charge in [0.25, 0.3) is 5.69 Å². The molecule has 0 saturated carbocycles. The highest BCUT2D eigenvalue weighted by Crippen LogP contribution is 2.22. The van der Waals surface area contributed by atoms with Gasteiger partial charge in [-0.2, -0.15) is 0 Å². The van der Waals surface area contributed by atoms with Crippen LogP contribution < -0.4 is 10.1 Å². The molecule has 2 aromatic carbocycles. The maximum absolute atomic E-state index is 11.8. The number of benzene rings is 2. The smallest absolute Gasteiger partial charge is 0.269 e. The number of carbonyl (C=O) groups excluding carboxylic acids is 1. The predicted molar refractivity (Wildman–Crippen MR) is 92.6 cm³/mol. The van der Waals surface area contributed by atoms with Gasteiger partial charge in [0.2, 0.25) is 5.91 Å². The average Bonchev–Trinajstić information content (AvgIpc) is 2.53. The average molecular weight is 349 g/mol. The van der Waals surface area contributed by atoms with Gasteiger partial charge in [-0.05, 0) is 49.2 Å². The van der Waals surface area contributed by atoms with Crippen LogP contribution in [0.1, 0.15) is 18.4 Å². The highest BCUT2D eigenvalue weighted by molar-refractivity contribution is 6.30. The Labute approximate surface area is 144 Å². The van der Waals surface area contributed by atoms with Crippen molar-refractivity contribution in [3.63, 3.8) is 0 Å². The van der Waals surface area contributed by atoms with Gasteiger partial charge in [-0.25, -0.2) is 0 Å². The molecule has 0 saturated heterocycles. The molecule has 0 bridgehead atoms. The molecule has 0 aliphatic rings. The summed E-state index contributed by atoms with van der Waals surface area (Å²) in [6.07, 6.45) is 0.852. The molecule has 7 heteroatoms. The van der Waals surface area contributed by atoms with Crippen molar-refractivity contribution in [3.05, 3.63) is 63.2 Å². The van der Waals surface area contributed by atoms with Crippen molar-refractivity contribution in [2.75, 3.05) is 11.9 Å². The number of halogens is 1. The molecule has 0 heterocycles. The van der Waals surface area contributed by atoms with Crippen LogP contribution in [0.2, 0.25) is 5.02 Å². The second-order valence-electron chi connectivity index (χ2n) is 5.21. The van der Waals surface area contributed by atoms with Crippen molar-refractivity contribution in [2.45, 2.75) is 19.8 Å². The minimum atomic E-state index is -0.484. The van der Waals surface area contributed by atoms with Crippen LogP contribution in [0, 0.1) is 17.0 Å². The Balaban J connectivity index is 1.74. The zero-order valence-electron chi connectivity index (χ0n) is 13.1. The lowest BCUT2D eigenvalue weighted by molar-refractivity contribution is -0.384. The topological polar surface area (TPSA) is 81.5 Å². The zero-order valence-corrected chi connectivity index (χ0v) is 13.9. The number of nitrogens with zero attached hydrogens (tertiary/aromatic N) is 1. The Morgan fingerprint density at radius 2 is 1.96 bits per heavy atom. The summed E-state index contributed by atoms with van der Waals surface area (Å²) in [5, 5.41) is 13.9. The fraction of sp³-hybridized carbons (Fsp3) is 0.235. The van der Waals surface area contributed by atoms with Gasteiger partial charge >= 0.3 is 0 Å². The lowest BCUT2D eigenvalue weighted by atomic mass is 10.2. The molecule has 1 N–H and O–H groups in total. The first kappa shape index (κ1) is 17.7. The molecule has 24 heavy (non-hydrogen) atoms. The lowest BCUT2D eigenvalue weighted by Gasteiger charge is -2.09. The molecule has 0 aliphatic carbocycles. The number of nitrogens with one attached hydrogen (secondary N) is 1. The summed E-state index contributed by atoms with van der Waals surface area (Å²) in [5.41, 5.74) is 1.46. The van der Waals surface area contributed by atoms with Gasteiger partial charge < -0.3 is 10.1 Å². The number of carbonyl (C=O) groups is 1. The molecule has 0 aromatic heterocycles. The summed E-state index contributed by atoms with van der Waals surface area (Å²) < 4.78 is 5.62. The molecule has 126 valence electrons. The summed E-state index contributed by atoms with van der Waals surface area (Å²) in [7, 11) is 0. The molecule has 6 nitrogen and oxygen atoms in total. The van der Waals surface area contributed by atoms with E-state index in [9.17, 15) is 14.9 Å². The Morgan fingerprint density at radius 3 is 2.58 bits per heavy atom. The van der Waals surface area contributed by atoms with Gasteiger partial charge in [-0.3, -0.25) is 14.9 Å². The third-order valence-electron chi connectivity index (χ3n) is 3.30. The number of hydrogen-bond acceptors (Lipinski definition) is 4. The maximum Gasteiger partial charge on any atom is 0.269 e. The highest BCUT2D eigenvalue weighted by Gasteiger charge is 2.07. The van der Waals surface area contributed by atoms with Gasteiger partial charge in [0, 0.05) is 29.3 Å². The first-order valence-electron chi connectivity index (χ1n) is 7.39. The Hall–Kier alpha value is -2.60. The molecule has 1 amide bonds.